The van der Waals surface area contributed by atoms with E-state index in [1.54, 1.807) is 53.7 Å². The lowest BCUT2D eigenvalue weighted by Gasteiger charge is -2.43. The zero-order chi connectivity index (χ0) is 26.0. The highest BCUT2D eigenvalue weighted by Crippen LogP contribution is 2.28. The van der Waals surface area contributed by atoms with Crippen molar-refractivity contribution in [3.05, 3.63) is 65.9 Å². The molecular formula is C26H30ClN5O4S. The first-order valence-corrected chi connectivity index (χ1v) is 14.2. The highest BCUT2D eigenvalue weighted by atomic mass is 35.5. The molecule has 2 saturated heterocycles. The summed E-state index contributed by atoms with van der Waals surface area (Å²) in [5, 5.41) is 11.6. The minimum atomic E-state index is -3.91. The molecule has 0 bridgehead atoms. The molecule has 2 aromatic carbocycles. The van der Waals surface area contributed by atoms with Crippen LogP contribution >= 0.6 is 11.6 Å². The maximum atomic E-state index is 13.5. The van der Waals surface area contributed by atoms with Crippen molar-refractivity contribution >= 4 is 44.0 Å². The second kappa shape index (κ2) is 10.9. The number of aromatic nitrogens is 1. The van der Waals surface area contributed by atoms with Gasteiger partial charge < -0.3 is 15.0 Å². The minimum absolute atomic E-state index is 0.0871. The molecule has 196 valence electrons. The molecule has 5 rings (SSSR count). The third kappa shape index (κ3) is 5.58. The summed E-state index contributed by atoms with van der Waals surface area (Å²) in [6.07, 6.45) is 5.42. The van der Waals surface area contributed by atoms with Gasteiger partial charge in [0.15, 0.2) is 0 Å². The highest BCUT2D eigenvalue weighted by Gasteiger charge is 2.39. The average Bonchev–Trinajstić information content (AvgIpc) is 2.91. The maximum Gasteiger partial charge on any atom is 0.243 e. The summed E-state index contributed by atoms with van der Waals surface area (Å²) in [5.41, 5.74) is 3.29. The zero-order valence-electron chi connectivity index (χ0n) is 20.3. The van der Waals surface area contributed by atoms with Crippen LogP contribution in [0.1, 0.15) is 12.8 Å². The predicted octanol–water partition coefficient (Wildman–Crippen LogP) is 2.99. The molecule has 1 amide bonds. The Morgan fingerprint density at radius 2 is 1.73 bits per heavy atom. The fourth-order valence-electron chi connectivity index (χ4n) is 5.27. The van der Waals surface area contributed by atoms with Gasteiger partial charge in [0.05, 0.1) is 17.5 Å². The number of hydrogen-bond acceptors (Lipinski definition) is 7. The standard InChI is InChI=1S/C26H30ClN5O4S/c27-22-3-1-21-14-25(4-2-20(21)13-22)37(35,36)31-17-24(15-29-34)32(26(33)18-31)16-19-7-11-30(12-8-19)23-5-9-28-10-6-23/h1-6,9-10,13-14,19,24,29,34H,7-8,11-12,15-18H2. The number of hydrogen-bond donors (Lipinski definition) is 2. The van der Waals surface area contributed by atoms with E-state index in [1.807, 2.05) is 12.1 Å². The van der Waals surface area contributed by atoms with Crippen LogP contribution < -0.4 is 10.4 Å². The quantitative estimate of drug-likeness (QED) is 0.441. The van der Waals surface area contributed by atoms with E-state index in [2.05, 4.69) is 15.4 Å². The summed E-state index contributed by atoms with van der Waals surface area (Å²) in [4.78, 5) is 21.5. The molecule has 2 fully saturated rings. The van der Waals surface area contributed by atoms with Gasteiger partial charge in [0, 0.05) is 55.8 Å². The number of nitrogens with zero attached hydrogens (tertiary/aromatic N) is 4. The van der Waals surface area contributed by atoms with Gasteiger partial charge in [-0.3, -0.25) is 9.78 Å². The lowest BCUT2D eigenvalue weighted by molar-refractivity contribution is -0.138. The summed E-state index contributed by atoms with van der Waals surface area (Å²) in [7, 11) is -3.91. The highest BCUT2D eigenvalue weighted by molar-refractivity contribution is 7.89. The normalized spacial score (nSPS) is 20.1. The molecule has 1 aromatic heterocycles. The van der Waals surface area contributed by atoms with Gasteiger partial charge in [-0.2, -0.15) is 4.31 Å². The monoisotopic (exact) mass is 543 g/mol. The van der Waals surface area contributed by atoms with Crippen LogP contribution in [0.25, 0.3) is 10.8 Å². The van der Waals surface area contributed by atoms with Crippen molar-refractivity contribution < 1.29 is 18.4 Å². The van der Waals surface area contributed by atoms with Crippen LogP contribution in [-0.4, -0.2) is 79.0 Å². The van der Waals surface area contributed by atoms with E-state index >= 15 is 0 Å². The Balaban J connectivity index is 1.28. The number of carbonyl (C=O) groups is 1. The number of amides is 1. The fourth-order valence-corrected chi connectivity index (χ4v) is 6.91. The van der Waals surface area contributed by atoms with Gasteiger partial charge in [0.1, 0.15) is 0 Å². The maximum absolute atomic E-state index is 13.5. The van der Waals surface area contributed by atoms with E-state index in [-0.39, 0.29) is 30.4 Å². The molecule has 3 aromatic rings. The van der Waals surface area contributed by atoms with E-state index < -0.39 is 16.1 Å². The van der Waals surface area contributed by atoms with Gasteiger partial charge >= 0.3 is 0 Å². The van der Waals surface area contributed by atoms with E-state index in [1.165, 1.54) is 4.31 Å². The van der Waals surface area contributed by atoms with Gasteiger partial charge in [-0.15, -0.1) is 0 Å². The number of piperazine rings is 1. The van der Waals surface area contributed by atoms with E-state index in [4.69, 9.17) is 11.6 Å². The van der Waals surface area contributed by atoms with E-state index in [0.29, 0.717) is 17.5 Å². The number of anilines is 1. The molecule has 0 saturated carbocycles. The molecule has 0 radical (unpaired) electrons. The number of fused-ring (bicyclic) bond motifs is 1. The molecule has 11 heteroatoms. The third-order valence-corrected chi connectivity index (χ3v) is 9.37. The Hall–Kier alpha value is -2.76. The van der Waals surface area contributed by atoms with Crippen molar-refractivity contribution in [1.29, 1.82) is 0 Å². The number of rotatable bonds is 7. The lowest BCUT2D eigenvalue weighted by Crippen LogP contribution is -2.61. The Morgan fingerprint density at radius 3 is 2.46 bits per heavy atom. The van der Waals surface area contributed by atoms with Crippen molar-refractivity contribution in [2.45, 2.75) is 23.8 Å². The van der Waals surface area contributed by atoms with Gasteiger partial charge in [-0.05, 0) is 65.9 Å². The Bertz CT molecular complexity index is 1370. The number of nitrogens with one attached hydrogen (secondary N) is 1. The van der Waals surface area contributed by atoms with Crippen LogP contribution in [0.5, 0.6) is 0 Å². The van der Waals surface area contributed by atoms with Gasteiger partial charge in [0.2, 0.25) is 15.9 Å². The molecule has 2 aliphatic heterocycles. The molecule has 9 nitrogen and oxygen atoms in total. The summed E-state index contributed by atoms with van der Waals surface area (Å²) >= 11 is 6.05. The van der Waals surface area contributed by atoms with Gasteiger partial charge in [-0.1, -0.05) is 23.7 Å². The second-order valence-corrected chi connectivity index (χ2v) is 12.0. The zero-order valence-corrected chi connectivity index (χ0v) is 21.9. The first kappa shape index (κ1) is 25.9. The van der Waals surface area contributed by atoms with Crippen molar-refractivity contribution in [2.75, 3.05) is 44.2 Å². The molecule has 2 aliphatic rings. The Morgan fingerprint density at radius 1 is 1.03 bits per heavy atom. The number of pyridine rings is 1. The number of halogens is 1. The van der Waals surface area contributed by atoms with Crippen molar-refractivity contribution in [1.82, 2.24) is 19.7 Å². The van der Waals surface area contributed by atoms with Gasteiger partial charge in [-0.25, -0.2) is 13.9 Å². The van der Waals surface area contributed by atoms with Crippen molar-refractivity contribution in [3.63, 3.8) is 0 Å². The molecular weight excluding hydrogens is 514 g/mol. The van der Waals surface area contributed by atoms with Crippen LogP contribution in [0.3, 0.4) is 0 Å². The second-order valence-electron chi connectivity index (χ2n) is 9.65. The molecule has 1 unspecified atom stereocenters. The largest absolute Gasteiger partial charge is 0.371 e. The van der Waals surface area contributed by atoms with Gasteiger partial charge in [0.25, 0.3) is 0 Å². The number of benzene rings is 2. The predicted molar refractivity (Wildman–Crippen MR) is 142 cm³/mol. The third-order valence-electron chi connectivity index (χ3n) is 7.32. The number of piperidine rings is 1. The first-order valence-electron chi connectivity index (χ1n) is 12.4. The van der Waals surface area contributed by atoms with Crippen LogP contribution in [0.15, 0.2) is 65.8 Å². The molecule has 0 spiro atoms. The number of carbonyl (C=O) groups excluding carboxylic acids is 1. The lowest BCUT2D eigenvalue weighted by atomic mass is 9.94. The Kier molecular flexibility index (Phi) is 7.64. The summed E-state index contributed by atoms with van der Waals surface area (Å²) in [5.74, 6) is 0.0536. The molecule has 2 N–H and O–H groups in total. The SMILES string of the molecule is O=C1CN(S(=O)(=O)c2ccc3cc(Cl)ccc3c2)CC(CNO)N1CC1CCN(c2ccncc2)CC1. The van der Waals surface area contributed by atoms with Crippen LogP contribution in [0.4, 0.5) is 5.69 Å². The molecule has 1 atom stereocenters. The van der Waals surface area contributed by atoms with Crippen LogP contribution in [-0.2, 0) is 14.8 Å². The first-order chi connectivity index (χ1) is 17.8. The number of hydroxylamine groups is 1. The summed E-state index contributed by atoms with van der Waals surface area (Å²) in [6, 6.07) is 13.7. The Labute approximate surface area is 221 Å². The fraction of sp³-hybridized carbons (Fsp3) is 0.385. The molecule has 0 aliphatic carbocycles. The summed E-state index contributed by atoms with van der Waals surface area (Å²) in [6.45, 7) is 2.28. The topological polar surface area (TPSA) is 106 Å². The van der Waals surface area contributed by atoms with Crippen molar-refractivity contribution in [2.24, 2.45) is 5.92 Å². The smallest absolute Gasteiger partial charge is 0.243 e. The summed E-state index contributed by atoms with van der Waals surface area (Å²) < 4.78 is 28.2. The average molecular weight is 544 g/mol. The molecule has 3 heterocycles. The number of sulfonamides is 1. The van der Waals surface area contributed by atoms with Crippen molar-refractivity contribution in [3.8, 4) is 0 Å². The van der Waals surface area contributed by atoms with E-state index in [0.717, 1.165) is 42.4 Å². The van der Waals surface area contributed by atoms with Crippen LogP contribution in [0.2, 0.25) is 5.02 Å². The van der Waals surface area contributed by atoms with Crippen LogP contribution in [0, 0.1) is 5.92 Å². The minimum Gasteiger partial charge on any atom is -0.371 e. The molecule has 37 heavy (non-hydrogen) atoms. The van der Waals surface area contributed by atoms with E-state index in [9.17, 15) is 18.4 Å².